The fraction of sp³-hybridized carbons (Fsp3) is 0.143. The Labute approximate surface area is 172 Å². The maximum atomic E-state index is 12.8. The highest BCUT2D eigenvalue weighted by Crippen LogP contribution is 2.32. The lowest BCUT2D eigenvalue weighted by atomic mass is 10.0. The number of nitrogens with one attached hydrogen (secondary N) is 2. The predicted octanol–water partition coefficient (Wildman–Crippen LogP) is 2.83. The number of hydrogen-bond donors (Lipinski definition) is 3. The number of aromatic nitrogens is 3. The average molecular weight is 405 g/mol. The highest BCUT2D eigenvalue weighted by molar-refractivity contribution is 6.07. The molecule has 1 aliphatic rings. The number of anilines is 2. The number of carbonyl (C=O) groups is 2. The van der Waals surface area contributed by atoms with Crippen molar-refractivity contribution in [2.24, 2.45) is 0 Å². The van der Waals surface area contributed by atoms with Gasteiger partial charge in [-0.3, -0.25) is 4.79 Å². The molecule has 0 saturated heterocycles. The van der Waals surface area contributed by atoms with Gasteiger partial charge < -0.3 is 20.5 Å². The number of aliphatic carboxylic acids is 1. The second-order valence-electron chi connectivity index (χ2n) is 6.78. The molecule has 0 radical (unpaired) electrons. The third-order valence-corrected chi connectivity index (χ3v) is 4.75. The van der Waals surface area contributed by atoms with Crippen molar-refractivity contribution in [3.05, 3.63) is 77.1 Å². The highest BCUT2D eigenvalue weighted by atomic mass is 16.5. The lowest BCUT2D eigenvalue weighted by molar-refractivity contribution is -0.132. The lowest BCUT2D eigenvalue weighted by Gasteiger charge is -2.23. The van der Waals surface area contributed by atoms with Gasteiger partial charge in [0, 0.05) is 5.69 Å². The van der Waals surface area contributed by atoms with Crippen molar-refractivity contribution >= 4 is 23.4 Å². The molecule has 1 unspecified atom stereocenters. The topological polar surface area (TPSA) is 118 Å². The molecule has 3 N–H and O–H groups in total. The number of methoxy groups -OCH3 is 1. The van der Waals surface area contributed by atoms with E-state index in [-0.39, 0.29) is 17.2 Å². The minimum Gasteiger partial charge on any atom is -0.497 e. The zero-order valence-electron chi connectivity index (χ0n) is 16.3. The number of fused-ring (bicyclic) bond motifs is 1. The Balaban J connectivity index is 1.69. The second-order valence-corrected chi connectivity index (χ2v) is 6.78. The van der Waals surface area contributed by atoms with Gasteiger partial charge in [0.15, 0.2) is 11.5 Å². The quantitative estimate of drug-likeness (QED) is 0.597. The summed E-state index contributed by atoms with van der Waals surface area (Å²) < 4.78 is 6.66. The Hall–Kier alpha value is -4.14. The van der Waals surface area contributed by atoms with Crippen LogP contribution in [0, 0.1) is 6.92 Å². The normalized spacial score (nSPS) is 14.9. The second kappa shape index (κ2) is 7.70. The van der Waals surface area contributed by atoms with Gasteiger partial charge in [0.1, 0.15) is 17.5 Å². The highest BCUT2D eigenvalue weighted by Gasteiger charge is 2.30. The van der Waals surface area contributed by atoms with E-state index in [1.807, 2.05) is 31.2 Å². The molecule has 0 aliphatic carbocycles. The van der Waals surface area contributed by atoms with Crippen LogP contribution in [-0.4, -0.2) is 39.1 Å². The van der Waals surface area contributed by atoms with Crippen LogP contribution in [0.1, 0.15) is 27.7 Å². The van der Waals surface area contributed by atoms with Gasteiger partial charge in [0.25, 0.3) is 5.91 Å². The van der Waals surface area contributed by atoms with Crippen LogP contribution >= 0.6 is 0 Å². The molecule has 4 rings (SSSR count). The van der Waals surface area contributed by atoms with Gasteiger partial charge in [0.05, 0.1) is 7.11 Å². The van der Waals surface area contributed by atoms with Gasteiger partial charge in [-0.1, -0.05) is 35.0 Å². The number of carboxylic acid groups (broad SMARTS) is 1. The Bertz CT molecular complexity index is 1130. The number of ether oxygens (including phenoxy) is 1. The predicted molar refractivity (Wildman–Crippen MR) is 110 cm³/mol. The van der Waals surface area contributed by atoms with Gasteiger partial charge in [-0.05, 0) is 42.8 Å². The summed E-state index contributed by atoms with van der Waals surface area (Å²) in [5.74, 6) is -0.758. The molecule has 1 amide bonds. The SMILES string of the molecule is COc1ccc(C2C=C(C(=O)O)Nc3c(C(=O)Nc4ccc(C)cc4)nnn32)cc1. The Morgan fingerprint density at radius 1 is 1.13 bits per heavy atom. The standard InChI is InChI=1S/C21H19N5O4/c1-12-3-7-14(8-4-12)22-20(27)18-19-23-16(21(28)29)11-17(26(19)25-24-18)13-5-9-15(30-2)10-6-13/h3-11,17,23H,1-2H3,(H,22,27)(H,28,29). The molecule has 9 heteroatoms. The third-order valence-electron chi connectivity index (χ3n) is 4.75. The first-order valence-electron chi connectivity index (χ1n) is 9.15. The fourth-order valence-electron chi connectivity index (χ4n) is 3.15. The average Bonchev–Trinajstić information content (AvgIpc) is 3.19. The fourth-order valence-corrected chi connectivity index (χ4v) is 3.15. The number of carbonyl (C=O) groups excluding carboxylic acids is 1. The third kappa shape index (κ3) is 3.60. The summed E-state index contributed by atoms with van der Waals surface area (Å²) >= 11 is 0. The van der Waals surface area contributed by atoms with Crippen LogP contribution in [0.3, 0.4) is 0 Å². The van der Waals surface area contributed by atoms with Crippen molar-refractivity contribution in [3.63, 3.8) is 0 Å². The number of aryl methyl sites for hydroxylation is 1. The van der Waals surface area contributed by atoms with E-state index < -0.39 is 17.9 Å². The number of hydrogen-bond acceptors (Lipinski definition) is 6. The van der Waals surface area contributed by atoms with E-state index in [9.17, 15) is 14.7 Å². The zero-order chi connectivity index (χ0) is 21.3. The molecule has 0 spiro atoms. The molecular weight excluding hydrogens is 386 g/mol. The molecule has 3 aromatic rings. The molecule has 2 heterocycles. The molecule has 1 aromatic heterocycles. The van der Waals surface area contributed by atoms with Crippen LogP contribution < -0.4 is 15.4 Å². The van der Waals surface area contributed by atoms with Gasteiger partial charge in [-0.2, -0.15) is 0 Å². The summed E-state index contributed by atoms with van der Waals surface area (Å²) in [7, 11) is 1.57. The number of allylic oxidation sites excluding steroid dienone is 1. The van der Waals surface area contributed by atoms with Crippen molar-refractivity contribution in [3.8, 4) is 5.75 Å². The smallest absolute Gasteiger partial charge is 0.352 e. The van der Waals surface area contributed by atoms with Crippen LogP contribution in [0.4, 0.5) is 11.5 Å². The molecule has 1 atom stereocenters. The van der Waals surface area contributed by atoms with E-state index in [4.69, 9.17) is 4.74 Å². The van der Waals surface area contributed by atoms with E-state index >= 15 is 0 Å². The van der Waals surface area contributed by atoms with Gasteiger partial charge in [-0.25, -0.2) is 9.48 Å². The minimum atomic E-state index is -1.15. The first kappa shape index (κ1) is 19.2. The van der Waals surface area contributed by atoms with E-state index in [1.54, 1.807) is 31.4 Å². The molecule has 30 heavy (non-hydrogen) atoms. The van der Waals surface area contributed by atoms with E-state index in [0.29, 0.717) is 11.4 Å². The maximum Gasteiger partial charge on any atom is 0.352 e. The van der Waals surface area contributed by atoms with Crippen molar-refractivity contribution in [1.82, 2.24) is 15.0 Å². The lowest BCUT2D eigenvalue weighted by Crippen LogP contribution is -2.25. The van der Waals surface area contributed by atoms with Crippen molar-refractivity contribution < 1.29 is 19.4 Å². The summed E-state index contributed by atoms with van der Waals surface area (Å²) in [5, 5.41) is 23.2. The number of nitrogens with zero attached hydrogens (tertiary/aromatic N) is 3. The molecule has 2 aromatic carbocycles. The van der Waals surface area contributed by atoms with Crippen molar-refractivity contribution in [1.29, 1.82) is 0 Å². The minimum absolute atomic E-state index is 0.000867. The Kier molecular flexibility index (Phi) is 4.93. The van der Waals surface area contributed by atoms with E-state index in [2.05, 4.69) is 20.9 Å². The van der Waals surface area contributed by atoms with Crippen LogP contribution in [0.15, 0.2) is 60.3 Å². The first-order chi connectivity index (χ1) is 14.5. The van der Waals surface area contributed by atoms with Gasteiger partial charge in [0.2, 0.25) is 0 Å². The monoisotopic (exact) mass is 405 g/mol. The molecular formula is C21H19N5O4. The van der Waals surface area contributed by atoms with Crippen LogP contribution in [0.2, 0.25) is 0 Å². The van der Waals surface area contributed by atoms with E-state index in [0.717, 1.165) is 11.1 Å². The number of rotatable bonds is 5. The molecule has 0 saturated carbocycles. The van der Waals surface area contributed by atoms with Gasteiger partial charge in [-0.15, -0.1) is 5.10 Å². The summed E-state index contributed by atoms with van der Waals surface area (Å²) in [6.07, 6.45) is 1.52. The summed E-state index contributed by atoms with van der Waals surface area (Å²) in [6, 6.07) is 13.9. The van der Waals surface area contributed by atoms with Crippen molar-refractivity contribution in [2.75, 3.05) is 17.7 Å². The number of carboxylic acids is 1. The van der Waals surface area contributed by atoms with Crippen LogP contribution in [0.25, 0.3) is 0 Å². The van der Waals surface area contributed by atoms with E-state index in [1.165, 1.54) is 10.8 Å². The largest absolute Gasteiger partial charge is 0.497 e. The summed E-state index contributed by atoms with van der Waals surface area (Å²) in [4.78, 5) is 24.5. The molecule has 9 nitrogen and oxygen atoms in total. The van der Waals surface area contributed by atoms with Crippen LogP contribution in [-0.2, 0) is 4.79 Å². The molecule has 1 aliphatic heterocycles. The molecule has 0 fully saturated rings. The maximum absolute atomic E-state index is 12.8. The van der Waals surface area contributed by atoms with Gasteiger partial charge >= 0.3 is 5.97 Å². The first-order valence-corrected chi connectivity index (χ1v) is 9.15. The molecule has 0 bridgehead atoms. The zero-order valence-corrected chi connectivity index (χ0v) is 16.3. The van der Waals surface area contributed by atoms with Crippen molar-refractivity contribution in [2.45, 2.75) is 13.0 Å². The molecule has 152 valence electrons. The Morgan fingerprint density at radius 2 is 1.83 bits per heavy atom. The summed E-state index contributed by atoms with van der Waals surface area (Å²) in [5.41, 5.74) is 2.38. The Morgan fingerprint density at radius 3 is 2.47 bits per heavy atom. The number of amides is 1. The number of benzene rings is 2. The van der Waals surface area contributed by atoms with Crippen LogP contribution in [0.5, 0.6) is 5.75 Å². The summed E-state index contributed by atoms with van der Waals surface area (Å²) in [6.45, 7) is 1.95.